The topological polar surface area (TPSA) is 43.2 Å². The van der Waals surface area contributed by atoms with Gasteiger partial charge in [0.25, 0.3) is 0 Å². The molecule has 6 heteroatoms. The van der Waals surface area contributed by atoms with Gasteiger partial charge in [0.15, 0.2) is 6.23 Å². The van der Waals surface area contributed by atoms with E-state index in [9.17, 15) is 4.39 Å². The zero-order valence-corrected chi connectivity index (χ0v) is 14.7. The van der Waals surface area contributed by atoms with E-state index >= 15 is 0 Å². The van der Waals surface area contributed by atoms with Gasteiger partial charge < -0.3 is 4.74 Å². The number of hydrogen-bond acceptors (Lipinski definition) is 4. The highest BCUT2D eigenvalue weighted by Crippen LogP contribution is 2.27. The molecule has 0 unspecified atom stereocenters. The van der Waals surface area contributed by atoms with Gasteiger partial charge in [-0.1, -0.05) is 53.2 Å². The van der Waals surface area contributed by atoms with E-state index in [-0.39, 0.29) is 12.0 Å². The van der Waals surface area contributed by atoms with Gasteiger partial charge in [-0.15, -0.1) is 5.10 Å². The molecule has 0 saturated carbocycles. The van der Waals surface area contributed by atoms with Crippen LogP contribution in [0.3, 0.4) is 0 Å². The molecule has 134 valence electrons. The molecule has 0 radical (unpaired) electrons. The van der Waals surface area contributed by atoms with Crippen LogP contribution in [0.25, 0.3) is 0 Å². The van der Waals surface area contributed by atoms with Crippen LogP contribution in [0.2, 0.25) is 0 Å². The lowest BCUT2D eigenvalue weighted by atomic mass is 10.1. The Hall–Kier alpha value is -2.57. The number of aromatic nitrogens is 3. The molecule has 0 spiro atoms. The fourth-order valence-electron chi connectivity index (χ4n) is 3.29. The van der Waals surface area contributed by atoms with Gasteiger partial charge in [-0.05, 0) is 18.6 Å². The minimum atomic E-state index is -0.234. The number of nitrogens with zero attached hydrogens (tertiary/aromatic N) is 4. The Labute approximate surface area is 152 Å². The highest BCUT2D eigenvalue weighted by Gasteiger charge is 2.29. The summed E-state index contributed by atoms with van der Waals surface area (Å²) in [5.41, 5.74) is 3.84. The molecule has 1 aromatic heterocycles. The maximum absolute atomic E-state index is 13.8. The maximum atomic E-state index is 13.8. The molecule has 1 aliphatic rings. The van der Waals surface area contributed by atoms with Crippen molar-refractivity contribution in [2.75, 3.05) is 13.2 Å². The standard InChI is InChI=1S/C20H21FN4O/c1-15-5-4-6-16(11-15)12-24-9-10-26-20(24)19-14-25(23-22-19)13-17-7-2-3-8-18(17)21/h2-8,11,14,20H,9-10,12-13H2,1H3/t20-/m0/s1. The summed E-state index contributed by atoms with van der Waals surface area (Å²) in [5.74, 6) is -0.234. The second-order valence-corrected chi connectivity index (χ2v) is 6.62. The van der Waals surface area contributed by atoms with E-state index in [4.69, 9.17) is 4.74 Å². The molecule has 2 aromatic carbocycles. The average Bonchev–Trinajstić information content (AvgIpc) is 3.26. The highest BCUT2D eigenvalue weighted by molar-refractivity contribution is 5.22. The zero-order chi connectivity index (χ0) is 17.9. The number of rotatable bonds is 5. The molecule has 5 nitrogen and oxygen atoms in total. The third-order valence-electron chi connectivity index (χ3n) is 4.55. The molecule has 0 N–H and O–H groups in total. The molecular formula is C20H21FN4O. The SMILES string of the molecule is Cc1cccc(CN2CCO[C@H]2c2cn(Cc3ccccc3F)nn2)c1. The lowest BCUT2D eigenvalue weighted by Gasteiger charge is -2.21. The van der Waals surface area contributed by atoms with Crippen LogP contribution in [0, 0.1) is 12.7 Å². The van der Waals surface area contributed by atoms with Crippen LogP contribution >= 0.6 is 0 Å². The molecular weight excluding hydrogens is 331 g/mol. The van der Waals surface area contributed by atoms with Crippen molar-refractivity contribution >= 4 is 0 Å². The van der Waals surface area contributed by atoms with Crippen LogP contribution in [0.1, 0.15) is 28.6 Å². The first-order chi connectivity index (χ1) is 12.7. The minimum absolute atomic E-state index is 0.218. The van der Waals surface area contributed by atoms with Gasteiger partial charge >= 0.3 is 0 Å². The molecule has 0 aliphatic carbocycles. The van der Waals surface area contributed by atoms with Crippen molar-refractivity contribution in [1.82, 2.24) is 19.9 Å². The number of halogens is 1. The van der Waals surface area contributed by atoms with Gasteiger partial charge in [0.05, 0.1) is 19.3 Å². The predicted octanol–water partition coefficient (Wildman–Crippen LogP) is 3.30. The van der Waals surface area contributed by atoms with Crippen LogP contribution in [-0.2, 0) is 17.8 Å². The number of ether oxygens (including phenoxy) is 1. The summed E-state index contributed by atoms with van der Waals surface area (Å²) in [6.07, 6.45) is 1.62. The van der Waals surface area contributed by atoms with Gasteiger partial charge in [0, 0.05) is 18.7 Å². The Morgan fingerprint density at radius 2 is 2.04 bits per heavy atom. The van der Waals surface area contributed by atoms with Crippen molar-refractivity contribution in [2.45, 2.75) is 26.2 Å². The first-order valence-corrected chi connectivity index (χ1v) is 8.74. The van der Waals surface area contributed by atoms with Crippen molar-refractivity contribution < 1.29 is 9.13 Å². The van der Waals surface area contributed by atoms with Crippen LogP contribution in [0.5, 0.6) is 0 Å². The second-order valence-electron chi connectivity index (χ2n) is 6.62. The lowest BCUT2D eigenvalue weighted by molar-refractivity contribution is 0.0252. The fraction of sp³-hybridized carbons (Fsp3) is 0.300. The molecule has 0 amide bonds. The van der Waals surface area contributed by atoms with E-state index in [2.05, 4.69) is 46.4 Å². The molecule has 1 atom stereocenters. The van der Waals surface area contributed by atoms with Gasteiger partial charge in [-0.25, -0.2) is 9.07 Å². The van der Waals surface area contributed by atoms with Crippen LogP contribution < -0.4 is 0 Å². The molecule has 1 fully saturated rings. The Kier molecular flexibility index (Phi) is 4.77. The van der Waals surface area contributed by atoms with Gasteiger partial charge in [-0.2, -0.15) is 0 Å². The zero-order valence-electron chi connectivity index (χ0n) is 14.7. The van der Waals surface area contributed by atoms with Crippen molar-refractivity contribution in [1.29, 1.82) is 0 Å². The highest BCUT2D eigenvalue weighted by atomic mass is 19.1. The van der Waals surface area contributed by atoms with Gasteiger partial charge in [-0.3, -0.25) is 4.90 Å². The fourth-order valence-corrected chi connectivity index (χ4v) is 3.29. The van der Waals surface area contributed by atoms with E-state index in [0.717, 1.165) is 18.8 Å². The van der Waals surface area contributed by atoms with Crippen molar-refractivity contribution in [3.63, 3.8) is 0 Å². The summed E-state index contributed by atoms with van der Waals surface area (Å²) >= 11 is 0. The van der Waals surface area contributed by atoms with Crippen LogP contribution in [-0.4, -0.2) is 33.0 Å². The normalized spacial score (nSPS) is 17.7. The molecule has 4 rings (SSSR count). The molecule has 0 bridgehead atoms. The van der Waals surface area contributed by atoms with Gasteiger partial charge in [0.1, 0.15) is 11.5 Å². The predicted molar refractivity (Wildman–Crippen MR) is 95.8 cm³/mol. The third-order valence-corrected chi connectivity index (χ3v) is 4.55. The second kappa shape index (κ2) is 7.35. The smallest absolute Gasteiger partial charge is 0.157 e. The Morgan fingerprint density at radius 1 is 1.15 bits per heavy atom. The number of hydrogen-bond donors (Lipinski definition) is 0. The summed E-state index contributed by atoms with van der Waals surface area (Å²) in [6.45, 7) is 4.75. The first kappa shape index (κ1) is 16.9. The van der Waals surface area contributed by atoms with E-state index in [1.807, 2.05) is 12.3 Å². The van der Waals surface area contributed by atoms with Crippen LogP contribution in [0.4, 0.5) is 4.39 Å². The Bertz CT molecular complexity index is 895. The van der Waals surface area contributed by atoms with Crippen LogP contribution in [0.15, 0.2) is 54.7 Å². The summed E-state index contributed by atoms with van der Waals surface area (Å²) in [5, 5.41) is 8.40. The third kappa shape index (κ3) is 3.66. The molecule has 2 heterocycles. The van der Waals surface area contributed by atoms with Crippen molar-refractivity contribution in [2.24, 2.45) is 0 Å². The molecule has 26 heavy (non-hydrogen) atoms. The molecule has 3 aromatic rings. The maximum Gasteiger partial charge on any atom is 0.157 e. The summed E-state index contributed by atoms with van der Waals surface area (Å²) in [4.78, 5) is 2.24. The summed E-state index contributed by atoms with van der Waals surface area (Å²) in [6, 6.07) is 15.2. The lowest BCUT2D eigenvalue weighted by Crippen LogP contribution is -2.23. The van der Waals surface area contributed by atoms with E-state index in [1.165, 1.54) is 17.2 Å². The summed E-state index contributed by atoms with van der Waals surface area (Å²) in [7, 11) is 0. The van der Waals surface area contributed by atoms with Crippen molar-refractivity contribution in [3.8, 4) is 0 Å². The largest absolute Gasteiger partial charge is 0.356 e. The first-order valence-electron chi connectivity index (χ1n) is 8.74. The molecule has 1 saturated heterocycles. The van der Waals surface area contributed by atoms with E-state index < -0.39 is 0 Å². The Balaban J connectivity index is 1.48. The van der Waals surface area contributed by atoms with E-state index in [0.29, 0.717) is 18.7 Å². The summed E-state index contributed by atoms with van der Waals surface area (Å²) < 4.78 is 21.4. The van der Waals surface area contributed by atoms with Crippen molar-refractivity contribution in [3.05, 3.63) is 82.9 Å². The molecule has 1 aliphatic heterocycles. The average molecular weight is 352 g/mol. The monoisotopic (exact) mass is 352 g/mol. The number of benzene rings is 2. The van der Waals surface area contributed by atoms with E-state index in [1.54, 1.807) is 16.8 Å². The van der Waals surface area contributed by atoms with Gasteiger partial charge in [0.2, 0.25) is 0 Å². The Morgan fingerprint density at radius 3 is 2.88 bits per heavy atom. The quantitative estimate of drug-likeness (QED) is 0.707. The minimum Gasteiger partial charge on any atom is -0.356 e. The number of aryl methyl sites for hydroxylation is 1.